The topological polar surface area (TPSA) is 94.1 Å². The Kier molecular flexibility index (Phi) is 4.21. The first-order chi connectivity index (χ1) is 12.5. The molecule has 0 aliphatic carbocycles. The Balaban J connectivity index is 1.62. The fraction of sp³-hybridized carbons (Fsp3) is 0.222. The molecule has 2 N–H and O–H groups in total. The van der Waals surface area contributed by atoms with Gasteiger partial charge in [-0.15, -0.1) is 5.10 Å². The van der Waals surface area contributed by atoms with E-state index in [-0.39, 0.29) is 4.90 Å². The van der Waals surface area contributed by atoms with E-state index in [1.807, 2.05) is 36.4 Å². The molecule has 0 amide bonds. The van der Waals surface area contributed by atoms with E-state index in [0.717, 1.165) is 36.3 Å². The standard InChI is InChI=1S/C18H19N5O2S/c19-26(24,25)16-9-8-14-5-4-10-22(17(14)11-16)12-18-20-13-23(21-18)15-6-2-1-3-7-15/h1-3,6-9,11,13H,4-5,10,12H2,(H2,19,24,25). The summed E-state index contributed by atoms with van der Waals surface area (Å²) in [7, 11) is -3.73. The van der Waals surface area contributed by atoms with Gasteiger partial charge < -0.3 is 4.90 Å². The van der Waals surface area contributed by atoms with Crippen LogP contribution in [0.4, 0.5) is 5.69 Å². The molecule has 0 spiro atoms. The van der Waals surface area contributed by atoms with E-state index in [9.17, 15) is 8.42 Å². The molecular formula is C18H19N5O2S. The van der Waals surface area contributed by atoms with Crippen molar-refractivity contribution in [3.05, 3.63) is 66.2 Å². The number of primary sulfonamides is 1. The number of para-hydroxylation sites is 1. The molecule has 0 fully saturated rings. The van der Waals surface area contributed by atoms with Crippen LogP contribution >= 0.6 is 0 Å². The van der Waals surface area contributed by atoms with E-state index in [2.05, 4.69) is 15.0 Å². The molecule has 0 radical (unpaired) electrons. The van der Waals surface area contributed by atoms with Gasteiger partial charge in [-0.2, -0.15) is 0 Å². The van der Waals surface area contributed by atoms with Crippen molar-refractivity contribution < 1.29 is 8.42 Å². The molecule has 0 saturated carbocycles. The molecule has 0 bridgehead atoms. The predicted octanol–water partition coefficient (Wildman–Crippen LogP) is 1.87. The van der Waals surface area contributed by atoms with Crippen molar-refractivity contribution in [2.45, 2.75) is 24.3 Å². The number of aromatic nitrogens is 3. The molecule has 2 heterocycles. The van der Waals surface area contributed by atoms with Gasteiger partial charge in [0, 0.05) is 12.2 Å². The Hall–Kier alpha value is -2.71. The second kappa shape index (κ2) is 6.54. The number of aryl methyl sites for hydroxylation is 1. The number of hydrogen-bond acceptors (Lipinski definition) is 5. The van der Waals surface area contributed by atoms with Crippen molar-refractivity contribution in [2.24, 2.45) is 5.14 Å². The van der Waals surface area contributed by atoms with E-state index in [4.69, 9.17) is 5.14 Å². The fourth-order valence-corrected chi connectivity index (χ4v) is 3.75. The van der Waals surface area contributed by atoms with Gasteiger partial charge in [0.05, 0.1) is 17.1 Å². The average Bonchev–Trinajstić information content (AvgIpc) is 3.10. The molecule has 0 atom stereocenters. The quantitative estimate of drug-likeness (QED) is 0.758. The van der Waals surface area contributed by atoms with Gasteiger partial charge in [-0.1, -0.05) is 24.3 Å². The zero-order valence-electron chi connectivity index (χ0n) is 14.1. The first kappa shape index (κ1) is 16.7. The van der Waals surface area contributed by atoms with E-state index in [1.165, 1.54) is 0 Å². The lowest BCUT2D eigenvalue weighted by atomic mass is 10.0. The van der Waals surface area contributed by atoms with Crippen LogP contribution in [0.2, 0.25) is 0 Å². The minimum absolute atomic E-state index is 0.130. The second-order valence-corrected chi connectivity index (χ2v) is 7.86. The summed E-state index contributed by atoms with van der Waals surface area (Å²) in [6, 6.07) is 14.9. The Bertz CT molecular complexity index is 1030. The van der Waals surface area contributed by atoms with E-state index >= 15 is 0 Å². The van der Waals surface area contributed by atoms with Gasteiger partial charge in [-0.05, 0) is 42.7 Å². The Morgan fingerprint density at radius 3 is 2.69 bits per heavy atom. The summed E-state index contributed by atoms with van der Waals surface area (Å²) in [6.45, 7) is 1.34. The van der Waals surface area contributed by atoms with E-state index < -0.39 is 10.0 Å². The third kappa shape index (κ3) is 3.33. The van der Waals surface area contributed by atoms with Crippen molar-refractivity contribution >= 4 is 15.7 Å². The molecule has 2 aromatic carbocycles. The summed E-state index contributed by atoms with van der Waals surface area (Å²) in [5.74, 6) is 0.683. The second-order valence-electron chi connectivity index (χ2n) is 6.30. The fourth-order valence-electron chi connectivity index (χ4n) is 3.22. The van der Waals surface area contributed by atoms with Crippen LogP contribution in [0.3, 0.4) is 0 Å². The van der Waals surface area contributed by atoms with Crippen LogP contribution in [0.1, 0.15) is 17.8 Å². The molecule has 1 aliphatic heterocycles. The lowest BCUT2D eigenvalue weighted by molar-refractivity contribution is 0.597. The third-order valence-electron chi connectivity index (χ3n) is 4.49. The Labute approximate surface area is 152 Å². The zero-order valence-corrected chi connectivity index (χ0v) is 14.9. The van der Waals surface area contributed by atoms with Gasteiger partial charge in [0.1, 0.15) is 6.33 Å². The van der Waals surface area contributed by atoms with E-state index in [1.54, 1.807) is 23.1 Å². The molecule has 26 heavy (non-hydrogen) atoms. The van der Waals surface area contributed by atoms with Crippen LogP contribution < -0.4 is 10.0 Å². The SMILES string of the molecule is NS(=O)(=O)c1ccc2c(c1)N(Cc1ncn(-c3ccccc3)n1)CCC2. The number of anilines is 1. The maximum Gasteiger partial charge on any atom is 0.238 e. The number of fused-ring (bicyclic) bond motifs is 1. The molecule has 1 aliphatic rings. The smallest absolute Gasteiger partial charge is 0.238 e. The molecule has 7 nitrogen and oxygen atoms in total. The summed E-state index contributed by atoms with van der Waals surface area (Å²) in [5, 5.41) is 9.82. The van der Waals surface area contributed by atoms with Crippen LogP contribution in [-0.2, 0) is 23.0 Å². The van der Waals surface area contributed by atoms with Gasteiger partial charge in [0.2, 0.25) is 10.0 Å². The minimum atomic E-state index is -3.73. The van der Waals surface area contributed by atoms with E-state index in [0.29, 0.717) is 12.4 Å². The number of benzene rings is 2. The molecule has 4 rings (SSSR count). The predicted molar refractivity (Wildman–Crippen MR) is 98.5 cm³/mol. The molecule has 8 heteroatoms. The highest BCUT2D eigenvalue weighted by molar-refractivity contribution is 7.89. The maximum atomic E-state index is 11.7. The average molecular weight is 369 g/mol. The number of hydrogen-bond donors (Lipinski definition) is 1. The lowest BCUT2D eigenvalue weighted by Gasteiger charge is -2.30. The van der Waals surface area contributed by atoms with Crippen molar-refractivity contribution in [1.82, 2.24) is 14.8 Å². The third-order valence-corrected chi connectivity index (χ3v) is 5.40. The number of nitrogens with two attached hydrogens (primary N) is 1. The molecule has 0 unspecified atom stereocenters. The zero-order chi connectivity index (χ0) is 18.1. The Morgan fingerprint density at radius 2 is 1.92 bits per heavy atom. The van der Waals surface area contributed by atoms with Crippen molar-refractivity contribution in [3.63, 3.8) is 0 Å². The first-order valence-corrected chi connectivity index (χ1v) is 9.92. The Morgan fingerprint density at radius 1 is 1.12 bits per heavy atom. The summed E-state index contributed by atoms with van der Waals surface area (Å²) in [5.41, 5.74) is 2.95. The lowest BCUT2D eigenvalue weighted by Crippen LogP contribution is -2.29. The number of sulfonamides is 1. The number of nitrogens with zero attached hydrogens (tertiary/aromatic N) is 4. The normalized spacial score (nSPS) is 14.3. The van der Waals surface area contributed by atoms with Crippen LogP contribution in [0.5, 0.6) is 0 Å². The largest absolute Gasteiger partial charge is 0.364 e. The summed E-state index contributed by atoms with van der Waals surface area (Å²) < 4.78 is 25.1. The molecular weight excluding hydrogens is 350 g/mol. The van der Waals surface area contributed by atoms with Crippen LogP contribution in [0, 0.1) is 0 Å². The minimum Gasteiger partial charge on any atom is -0.364 e. The monoisotopic (exact) mass is 369 g/mol. The van der Waals surface area contributed by atoms with Crippen molar-refractivity contribution in [3.8, 4) is 5.69 Å². The highest BCUT2D eigenvalue weighted by Gasteiger charge is 2.21. The van der Waals surface area contributed by atoms with Gasteiger partial charge in [-0.25, -0.2) is 23.2 Å². The maximum absolute atomic E-state index is 11.7. The number of rotatable bonds is 4. The first-order valence-electron chi connectivity index (χ1n) is 8.37. The molecule has 0 saturated heterocycles. The van der Waals surface area contributed by atoms with Crippen molar-refractivity contribution in [2.75, 3.05) is 11.4 Å². The van der Waals surface area contributed by atoms with Gasteiger partial charge in [-0.3, -0.25) is 0 Å². The molecule has 3 aromatic rings. The van der Waals surface area contributed by atoms with Gasteiger partial charge in [0.25, 0.3) is 0 Å². The van der Waals surface area contributed by atoms with Crippen molar-refractivity contribution in [1.29, 1.82) is 0 Å². The van der Waals surface area contributed by atoms with Crippen LogP contribution in [-0.4, -0.2) is 29.7 Å². The van der Waals surface area contributed by atoms with Gasteiger partial charge in [0.15, 0.2) is 5.82 Å². The molecule has 1 aromatic heterocycles. The molecule has 134 valence electrons. The summed E-state index contributed by atoms with van der Waals surface area (Å²) in [6.07, 6.45) is 3.61. The van der Waals surface area contributed by atoms with Crippen LogP contribution in [0.25, 0.3) is 5.69 Å². The summed E-state index contributed by atoms with van der Waals surface area (Å²) >= 11 is 0. The highest BCUT2D eigenvalue weighted by atomic mass is 32.2. The highest BCUT2D eigenvalue weighted by Crippen LogP contribution is 2.30. The van der Waals surface area contributed by atoms with Gasteiger partial charge >= 0.3 is 0 Å². The summed E-state index contributed by atoms with van der Waals surface area (Å²) in [4.78, 5) is 6.64. The van der Waals surface area contributed by atoms with Crippen LogP contribution in [0.15, 0.2) is 59.8 Å².